The third-order valence-corrected chi connectivity index (χ3v) is 5.45. The predicted octanol–water partition coefficient (Wildman–Crippen LogP) is 3.33. The Morgan fingerprint density at radius 2 is 1.81 bits per heavy atom. The molecule has 3 aromatic rings. The van der Waals surface area contributed by atoms with Gasteiger partial charge in [-0.05, 0) is 19.1 Å². The highest BCUT2D eigenvalue weighted by atomic mass is 32.1. The Morgan fingerprint density at radius 1 is 1.07 bits per heavy atom. The molecule has 0 fully saturated rings. The zero-order valence-corrected chi connectivity index (χ0v) is 16.4. The molecule has 7 nitrogen and oxygen atoms in total. The number of amides is 2. The van der Waals surface area contributed by atoms with Gasteiger partial charge in [-0.3, -0.25) is 19.0 Å². The third-order valence-electron chi connectivity index (χ3n) is 3.81. The number of carbonyl (C=O) groups excluding carboxylic acids is 2. The van der Waals surface area contributed by atoms with Gasteiger partial charge in [0.15, 0.2) is 5.13 Å². The number of hydrogen-bond acceptors (Lipinski definition) is 6. The van der Waals surface area contributed by atoms with Crippen LogP contribution in [0.3, 0.4) is 0 Å². The quantitative estimate of drug-likeness (QED) is 0.661. The topological polar surface area (TPSA) is 93.1 Å². The van der Waals surface area contributed by atoms with Crippen molar-refractivity contribution in [1.29, 1.82) is 0 Å². The van der Waals surface area contributed by atoms with Crippen molar-refractivity contribution in [2.24, 2.45) is 0 Å². The first kappa shape index (κ1) is 19.0. The summed E-state index contributed by atoms with van der Waals surface area (Å²) in [7, 11) is 0. The summed E-state index contributed by atoms with van der Waals surface area (Å²) in [4.78, 5) is 39.5. The van der Waals surface area contributed by atoms with Gasteiger partial charge < -0.3 is 10.6 Å². The number of aryl methyl sites for hydroxylation is 1. The van der Waals surface area contributed by atoms with Crippen LogP contribution in [0.15, 0.2) is 39.8 Å². The number of anilines is 2. The fourth-order valence-electron chi connectivity index (χ4n) is 2.34. The highest BCUT2D eigenvalue weighted by molar-refractivity contribution is 7.14. The maximum Gasteiger partial charge on any atom is 0.307 e. The zero-order valence-electron chi connectivity index (χ0n) is 14.8. The Bertz CT molecular complexity index is 1020. The van der Waals surface area contributed by atoms with Crippen molar-refractivity contribution in [3.05, 3.63) is 50.4 Å². The summed E-state index contributed by atoms with van der Waals surface area (Å²) in [5, 5.41) is 9.56. The van der Waals surface area contributed by atoms with Crippen molar-refractivity contribution >= 4 is 45.3 Å². The number of hydrogen-bond donors (Lipinski definition) is 2. The zero-order chi connectivity index (χ0) is 19.4. The molecule has 2 heterocycles. The number of nitrogens with zero attached hydrogens (tertiary/aromatic N) is 2. The van der Waals surface area contributed by atoms with Crippen LogP contribution in [0, 0.1) is 6.92 Å². The van der Waals surface area contributed by atoms with Gasteiger partial charge in [0.25, 0.3) is 0 Å². The Hall–Kier alpha value is -2.78. The van der Waals surface area contributed by atoms with Gasteiger partial charge >= 0.3 is 4.87 Å². The Morgan fingerprint density at radius 3 is 2.44 bits per heavy atom. The second-order valence-corrected chi connectivity index (χ2v) is 7.47. The van der Waals surface area contributed by atoms with Gasteiger partial charge in [-0.15, -0.1) is 11.3 Å². The van der Waals surface area contributed by atoms with E-state index in [1.54, 1.807) is 19.2 Å². The molecule has 27 heavy (non-hydrogen) atoms. The first-order valence-corrected chi connectivity index (χ1v) is 10.0. The molecule has 0 aliphatic rings. The average molecular weight is 403 g/mol. The van der Waals surface area contributed by atoms with Crippen molar-refractivity contribution < 1.29 is 9.59 Å². The molecular formula is C18H18N4O3S2. The van der Waals surface area contributed by atoms with E-state index in [-0.39, 0.29) is 23.2 Å². The smallest absolute Gasteiger partial charge is 0.307 e. The molecule has 9 heteroatoms. The first-order valence-electron chi connectivity index (χ1n) is 8.27. The summed E-state index contributed by atoms with van der Waals surface area (Å²) in [6.45, 7) is 3.55. The van der Waals surface area contributed by atoms with Crippen LogP contribution >= 0.6 is 22.7 Å². The molecule has 2 N–H and O–H groups in total. The predicted molar refractivity (Wildman–Crippen MR) is 108 cm³/mol. The van der Waals surface area contributed by atoms with Gasteiger partial charge in [-0.2, -0.15) is 0 Å². The molecule has 0 unspecified atom stereocenters. The van der Waals surface area contributed by atoms with Crippen molar-refractivity contribution in [3.63, 3.8) is 0 Å². The SMILES string of the molecule is CCC(=O)Nc1ccc(-c2csc(NC(=O)Cn3c(C)csc3=O)n2)cc1. The molecular weight excluding hydrogens is 384 g/mol. The van der Waals surface area contributed by atoms with Crippen LogP contribution in [0.5, 0.6) is 0 Å². The molecule has 140 valence electrons. The van der Waals surface area contributed by atoms with E-state index in [1.165, 1.54) is 15.9 Å². The molecule has 0 aliphatic heterocycles. The van der Waals surface area contributed by atoms with Gasteiger partial charge in [0.05, 0.1) is 5.69 Å². The van der Waals surface area contributed by atoms with E-state index in [1.807, 2.05) is 29.6 Å². The minimum absolute atomic E-state index is 0.0328. The molecule has 3 rings (SSSR count). The molecule has 0 aliphatic carbocycles. The van der Waals surface area contributed by atoms with Crippen LogP contribution in [0.4, 0.5) is 10.8 Å². The molecule has 0 bridgehead atoms. The largest absolute Gasteiger partial charge is 0.326 e. The number of thiazole rings is 2. The highest BCUT2D eigenvalue weighted by Crippen LogP contribution is 2.26. The monoisotopic (exact) mass is 402 g/mol. The van der Waals surface area contributed by atoms with Crippen LogP contribution in [0.1, 0.15) is 19.0 Å². The number of benzene rings is 1. The van der Waals surface area contributed by atoms with E-state index in [4.69, 9.17) is 0 Å². The molecule has 0 atom stereocenters. The van der Waals surface area contributed by atoms with Crippen LogP contribution < -0.4 is 15.5 Å². The van der Waals surface area contributed by atoms with Crippen molar-refractivity contribution in [2.45, 2.75) is 26.8 Å². The molecule has 2 amide bonds. The maximum absolute atomic E-state index is 12.2. The van der Waals surface area contributed by atoms with Crippen molar-refractivity contribution in [1.82, 2.24) is 9.55 Å². The van der Waals surface area contributed by atoms with Crippen LogP contribution in [-0.4, -0.2) is 21.4 Å². The van der Waals surface area contributed by atoms with Crippen LogP contribution in [0.25, 0.3) is 11.3 Å². The lowest BCUT2D eigenvalue weighted by Crippen LogP contribution is -2.25. The van der Waals surface area contributed by atoms with Crippen molar-refractivity contribution in [2.75, 3.05) is 10.6 Å². The molecule has 0 saturated heterocycles. The lowest BCUT2D eigenvalue weighted by atomic mass is 10.1. The number of rotatable bonds is 6. The highest BCUT2D eigenvalue weighted by Gasteiger charge is 2.11. The number of carbonyl (C=O) groups is 2. The fraction of sp³-hybridized carbons (Fsp3) is 0.222. The van der Waals surface area contributed by atoms with E-state index < -0.39 is 0 Å². The molecule has 1 aromatic carbocycles. The van der Waals surface area contributed by atoms with E-state index in [0.717, 1.165) is 34.0 Å². The summed E-state index contributed by atoms with van der Waals surface area (Å²) in [6.07, 6.45) is 0.425. The number of nitrogens with one attached hydrogen (secondary N) is 2. The summed E-state index contributed by atoms with van der Waals surface area (Å²) in [6, 6.07) is 7.35. The summed E-state index contributed by atoms with van der Waals surface area (Å²) < 4.78 is 1.43. The maximum atomic E-state index is 12.2. The van der Waals surface area contributed by atoms with Gasteiger partial charge in [0, 0.05) is 34.1 Å². The third kappa shape index (κ3) is 4.69. The van der Waals surface area contributed by atoms with E-state index >= 15 is 0 Å². The second-order valence-electron chi connectivity index (χ2n) is 5.79. The Labute approximate surface area is 163 Å². The van der Waals surface area contributed by atoms with E-state index in [0.29, 0.717) is 11.6 Å². The summed E-state index contributed by atoms with van der Waals surface area (Å²) in [5.74, 6) is -0.335. The molecule has 0 radical (unpaired) electrons. The summed E-state index contributed by atoms with van der Waals surface area (Å²) in [5.41, 5.74) is 3.10. The van der Waals surface area contributed by atoms with E-state index in [2.05, 4.69) is 15.6 Å². The van der Waals surface area contributed by atoms with Gasteiger partial charge in [-0.25, -0.2) is 4.98 Å². The van der Waals surface area contributed by atoms with Crippen LogP contribution in [0.2, 0.25) is 0 Å². The Balaban J connectivity index is 1.65. The second kappa shape index (κ2) is 8.28. The number of aromatic nitrogens is 2. The molecule has 2 aromatic heterocycles. The molecule has 0 spiro atoms. The minimum atomic E-state index is -0.294. The lowest BCUT2D eigenvalue weighted by Gasteiger charge is -2.05. The Kier molecular flexibility index (Phi) is 5.82. The lowest BCUT2D eigenvalue weighted by molar-refractivity contribution is -0.117. The average Bonchev–Trinajstić information content (AvgIpc) is 3.24. The standard InChI is InChI=1S/C18H18N4O3S2/c1-3-15(23)19-13-6-4-12(5-7-13)14-10-26-17(20-14)21-16(24)8-22-11(2)9-27-18(22)25/h4-7,9-10H,3,8H2,1-2H3,(H,19,23)(H,20,21,24). The van der Waals surface area contributed by atoms with E-state index in [9.17, 15) is 14.4 Å². The molecule has 0 saturated carbocycles. The van der Waals surface area contributed by atoms with Gasteiger partial charge in [0.2, 0.25) is 11.8 Å². The van der Waals surface area contributed by atoms with Gasteiger partial charge in [0.1, 0.15) is 6.54 Å². The normalized spacial score (nSPS) is 10.6. The summed E-state index contributed by atoms with van der Waals surface area (Å²) >= 11 is 2.39. The first-order chi connectivity index (χ1) is 13.0. The van der Waals surface area contributed by atoms with Gasteiger partial charge in [-0.1, -0.05) is 30.4 Å². The van der Waals surface area contributed by atoms with Crippen LogP contribution in [-0.2, 0) is 16.1 Å². The minimum Gasteiger partial charge on any atom is -0.326 e. The fourth-order valence-corrected chi connectivity index (χ4v) is 3.81. The van der Waals surface area contributed by atoms with Crippen molar-refractivity contribution in [3.8, 4) is 11.3 Å².